The number of carbonyl (C=O) groups is 1. The molecule has 0 radical (unpaired) electrons. The first kappa shape index (κ1) is 19.4. The molecule has 3 unspecified atom stereocenters. The van der Waals surface area contributed by atoms with Crippen LogP contribution in [-0.4, -0.2) is 49.7 Å². The molecule has 1 saturated carbocycles. The van der Waals surface area contributed by atoms with Crippen molar-refractivity contribution in [1.29, 1.82) is 0 Å². The Labute approximate surface area is 155 Å². The maximum Gasteiger partial charge on any atom is 0.310 e. The molecule has 7 nitrogen and oxygen atoms in total. The first-order chi connectivity index (χ1) is 12.3. The van der Waals surface area contributed by atoms with Crippen LogP contribution in [0.25, 0.3) is 0 Å². The normalized spacial score (nSPS) is 26.8. The van der Waals surface area contributed by atoms with Gasteiger partial charge in [-0.3, -0.25) is 4.79 Å². The quantitative estimate of drug-likeness (QED) is 0.674. The third kappa shape index (κ3) is 4.13. The van der Waals surface area contributed by atoms with Crippen molar-refractivity contribution in [3.05, 3.63) is 23.7 Å². The van der Waals surface area contributed by atoms with Crippen LogP contribution in [0.3, 0.4) is 0 Å². The van der Waals surface area contributed by atoms with E-state index >= 15 is 0 Å². The summed E-state index contributed by atoms with van der Waals surface area (Å²) in [6.07, 6.45) is 2.45. The number of esters is 1. The average Bonchev–Trinajstić information content (AvgIpc) is 3.16. The molecule has 146 valence electrons. The summed E-state index contributed by atoms with van der Waals surface area (Å²) in [6, 6.07) is 3.80. The van der Waals surface area contributed by atoms with Crippen molar-refractivity contribution in [2.45, 2.75) is 45.6 Å². The average molecular weight is 384 g/mol. The van der Waals surface area contributed by atoms with Gasteiger partial charge >= 0.3 is 5.97 Å². The van der Waals surface area contributed by atoms with Crippen LogP contribution >= 0.6 is 0 Å². The highest BCUT2D eigenvalue weighted by atomic mass is 32.2. The molecule has 1 aromatic heterocycles. The minimum absolute atomic E-state index is 0.175. The zero-order valence-electron chi connectivity index (χ0n) is 15.7. The molecule has 0 spiro atoms. The van der Waals surface area contributed by atoms with E-state index in [1.165, 1.54) is 8.61 Å². The van der Waals surface area contributed by atoms with Gasteiger partial charge in [-0.25, -0.2) is 0 Å². The van der Waals surface area contributed by atoms with Gasteiger partial charge in [-0.2, -0.15) is 17.0 Å². The van der Waals surface area contributed by atoms with Gasteiger partial charge in [-0.1, -0.05) is 6.92 Å². The minimum atomic E-state index is -3.65. The Bertz CT molecular complexity index is 745. The number of ether oxygens (including phenoxy) is 1. The van der Waals surface area contributed by atoms with E-state index in [2.05, 4.69) is 6.92 Å². The molecule has 1 aromatic rings. The van der Waals surface area contributed by atoms with E-state index in [-0.39, 0.29) is 19.1 Å². The molecule has 3 atom stereocenters. The second-order valence-electron chi connectivity index (χ2n) is 7.34. The largest absolute Gasteiger partial charge is 0.466 e. The predicted octanol–water partition coefficient (Wildman–Crippen LogP) is 2.35. The fourth-order valence-corrected chi connectivity index (χ4v) is 4.91. The summed E-state index contributed by atoms with van der Waals surface area (Å²) < 4.78 is 39.3. The summed E-state index contributed by atoms with van der Waals surface area (Å²) >= 11 is 0. The highest BCUT2D eigenvalue weighted by Crippen LogP contribution is 2.47. The molecule has 3 rings (SSSR count). The number of hydrogen-bond donors (Lipinski definition) is 0. The van der Waals surface area contributed by atoms with Crippen molar-refractivity contribution in [3.8, 4) is 0 Å². The molecule has 2 fully saturated rings. The van der Waals surface area contributed by atoms with Gasteiger partial charge in [0.05, 0.1) is 19.1 Å². The van der Waals surface area contributed by atoms with Crippen molar-refractivity contribution < 1.29 is 22.4 Å². The van der Waals surface area contributed by atoms with E-state index < -0.39 is 16.1 Å². The Balaban J connectivity index is 1.62. The van der Waals surface area contributed by atoms with Crippen LogP contribution in [-0.2, 0) is 26.3 Å². The van der Waals surface area contributed by atoms with Crippen molar-refractivity contribution in [1.82, 2.24) is 8.61 Å². The highest BCUT2D eigenvalue weighted by molar-refractivity contribution is 7.86. The molecule has 0 N–H and O–H groups in total. The van der Waals surface area contributed by atoms with Crippen molar-refractivity contribution >= 4 is 16.2 Å². The van der Waals surface area contributed by atoms with E-state index in [0.29, 0.717) is 43.6 Å². The van der Waals surface area contributed by atoms with Gasteiger partial charge in [-0.15, -0.1) is 0 Å². The lowest BCUT2D eigenvalue weighted by atomic mass is 10.0. The number of rotatable bonds is 7. The maximum atomic E-state index is 12.9. The molecule has 0 bridgehead atoms. The molecule has 0 amide bonds. The molecule has 26 heavy (non-hydrogen) atoms. The van der Waals surface area contributed by atoms with Gasteiger partial charge in [0.1, 0.15) is 11.5 Å². The highest BCUT2D eigenvalue weighted by Gasteiger charge is 2.38. The summed E-state index contributed by atoms with van der Waals surface area (Å²) in [5, 5.41) is 0. The topological polar surface area (TPSA) is 80.1 Å². The van der Waals surface area contributed by atoms with E-state index in [1.54, 1.807) is 14.0 Å². The number of piperidine rings is 1. The lowest BCUT2D eigenvalue weighted by Crippen LogP contribution is -2.48. The molecule has 1 aliphatic carbocycles. The predicted molar refractivity (Wildman–Crippen MR) is 96.5 cm³/mol. The Morgan fingerprint density at radius 3 is 2.81 bits per heavy atom. The second-order valence-corrected chi connectivity index (χ2v) is 9.37. The van der Waals surface area contributed by atoms with Crippen LogP contribution in [0.4, 0.5) is 0 Å². The summed E-state index contributed by atoms with van der Waals surface area (Å²) in [7, 11) is -2.10. The first-order valence-corrected chi connectivity index (χ1v) is 10.7. The standard InChI is InChI=1S/C18H28N2O5S/c1-4-24-18(21)14-6-5-9-20(11-14)26(22,23)19(3)12-15-7-8-17(25-15)16-10-13(16)2/h7-8,13-14,16H,4-6,9-12H2,1-3H3. The number of nitrogens with zero attached hydrogens (tertiary/aromatic N) is 2. The SMILES string of the molecule is CCOC(=O)C1CCCN(S(=O)(=O)N(C)Cc2ccc(C3CC3C)o2)C1. The van der Waals surface area contributed by atoms with Gasteiger partial charge in [0.25, 0.3) is 10.2 Å². The fraction of sp³-hybridized carbons (Fsp3) is 0.722. The number of furan rings is 1. The Kier molecular flexibility index (Phi) is 5.74. The lowest BCUT2D eigenvalue weighted by Gasteiger charge is -2.33. The molecule has 1 aliphatic heterocycles. The molecule has 1 saturated heterocycles. The smallest absolute Gasteiger partial charge is 0.310 e. The monoisotopic (exact) mass is 384 g/mol. The van der Waals surface area contributed by atoms with Crippen molar-refractivity contribution in [2.75, 3.05) is 26.7 Å². The summed E-state index contributed by atoms with van der Waals surface area (Å²) in [5.41, 5.74) is 0. The van der Waals surface area contributed by atoms with Crippen LogP contribution < -0.4 is 0 Å². The summed E-state index contributed by atoms with van der Waals surface area (Å²) in [6.45, 7) is 5.02. The van der Waals surface area contributed by atoms with Gasteiger partial charge in [0.15, 0.2) is 0 Å². The van der Waals surface area contributed by atoms with Gasteiger partial charge < -0.3 is 9.15 Å². The number of hydrogen-bond acceptors (Lipinski definition) is 5. The van der Waals surface area contributed by atoms with Crippen LogP contribution in [0, 0.1) is 11.8 Å². The molecular weight excluding hydrogens is 356 g/mol. The van der Waals surface area contributed by atoms with Crippen molar-refractivity contribution in [2.24, 2.45) is 11.8 Å². The molecule has 0 aromatic carbocycles. The molecule has 8 heteroatoms. The Hall–Kier alpha value is -1.38. The summed E-state index contributed by atoms with van der Waals surface area (Å²) in [5.74, 6) is 1.99. The Morgan fingerprint density at radius 2 is 2.15 bits per heavy atom. The van der Waals surface area contributed by atoms with Gasteiger partial charge in [-0.05, 0) is 44.2 Å². The second kappa shape index (κ2) is 7.70. The van der Waals surface area contributed by atoms with Crippen molar-refractivity contribution in [3.63, 3.8) is 0 Å². The third-order valence-electron chi connectivity index (χ3n) is 5.26. The fourth-order valence-electron chi connectivity index (χ4n) is 3.50. The third-order valence-corrected chi connectivity index (χ3v) is 7.16. The van der Waals surface area contributed by atoms with Crippen LogP contribution in [0.5, 0.6) is 0 Å². The number of carbonyl (C=O) groups excluding carboxylic acids is 1. The first-order valence-electron chi connectivity index (χ1n) is 9.29. The minimum Gasteiger partial charge on any atom is -0.466 e. The lowest BCUT2D eigenvalue weighted by molar-refractivity contribution is -0.149. The summed E-state index contributed by atoms with van der Waals surface area (Å²) in [4.78, 5) is 12.0. The van der Waals surface area contributed by atoms with Gasteiger partial charge in [0.2, 0.25) is 0 Å². The Morgan fingerprint density at radius 1 is 1.42 bits per heavy atom. The molecule has 2 heterocycles. The van der Waals surface area contributed by atoms with E-state index in [4.69, 9.17) is 9.15 Å². The molecular formula is C18H28N2O5S. The van der Waals surface area contributed by atoms with E-state index in [9.17, 15) is 13.2 Å². The zero-order valence-corrected chi connectivity index (χ0v) is 16.5. The van der Waals surface area contributed by atoms with Crippen LogP contribution in [0.2, 0.25) is 0 Å². The maximum absolute atomic E-state index is 12.9. The molecule has 2 aliphatic rings. The van der Waals surface area contributed by atoms with Crippen LogP contribution in [0.1, 0.15) is 50.5 Å². The van der Waals surface area contributed by atoms with Crippen LogP contribution in [0.15, 0.2) is 16.5 Å². The zero-order chi connectivity index (χ0) is 18.9. The van der Waals surface area contributed by atoms with E-state index in [0.717, 1.165) is 12.2 Å². The van der Waals surface area contributed by atoms with E-state index in [1.807, 2.05) is 12.1 Å². The van der Waals surface area contributed by atoms with Gasteiger partial charge in [0, 0.05) is 26.1 Å².